The largest absolute Gasteiger partial charge is 0.466 e. The van der Waals surface area contributed by atoms with Crippen LogP contribution in [0.25, 0.3) is 0 Å². The monoisotopic (exact) mass is 299 g/mol. The van der Waals surface area contributed by atoms with Crippen LogP contribution in [0.2, 0.25) is 0 Å². The lowest BCUT2D eigenvalue weighted by Gasteiger charge is -2.26. The summed E-state index contributed by atoms with van der Waals surface area (Å²) in [5.41, 5.74) is 0. The van der Waals surface area contributed by atoms with Crippen LogP contribution in [-0.2, 0) is 14.3 Å². The van der Waals surface area contributed by atoms with Crippen molar-refractivity contribution in [1.82, 2.24) is 4.90 Å². The minimum atomic E-state index is -0.198. The SMILES string of the molecule is CCCCOC(=O)CCN(CC(CC)CCCC)C(C)=O. The van der Waals surface area contributed by atoms with Crippen LogP contribution in [0.5, 0.6) is 0 Å². The lowest BCUT2D eigenvalue weighted by molar-refractivity contribution is -0.144. The maximum atomic E-state index is 11.7. The lowest BCUT2D eigenvalue weighted by Crippen LogP contribution is -2.35. The van der Waals surface area contributed by atoms with E-state index in [2.05, 4.69) is 20.8 Å². The summed E-state index contributed by atoms with van der Waals surface area (Å²) in [5, 5.41) is 0. The molecule has 0 spiro atoms. The molecule has 1 amide bonds. The molecular weight excluding hydrogens is 266 g/mol. The van der Waals surface area contributed by atoms with E-state index in [4.69, 9.17) is 4.74 Å². The molecule has 0 saturated heterocycles. The molecule has 0 heterocycles. The number of carbonyl (C=O) groups is 2. The van der Waals surface area contributed by atoms with Crippen LogP contribution in [0.4, 0.5) is 0 Å². The molecule has 1 atom stereocenters. The second-order valence-electron chi connectivity index (χ2n) is 5.71. The molecule has 0 rings (SSSR count). The Morgan fingerprint density at radius 2 is 1.76 bits per heavy atom. The third kappa shape index (κ3) is 10.3. The van der Waals surface area contributed by atoms with Crippen molar-refractivity contribution in [3.63, 3.8) is 0 Å². The second kappa shape index (κ2) is 12.7. The summed E-state index contributed by atoms with van der Waals surface area (Å²) in [6.45, 7) is 9.71. The van der Waals surface area contributed by atoms with Gasteiger partial charge in [-0.05, 0) is 18.8 Å². The third-order valence-corrected chi connectivity index (χ3v) is 3.81. The van der Waals surface area contributed by atoms with Gasteiger partial charge in [0.05, 0.1) is 13.0 Å². The first-order valence-corrected chi connectivity index (χ1v) is 8.46. The van der Waals surface area contributed by atoms with Gasteiger partial charge in [-0.15, -0.1) is 0 Å². The van der Waals surface area contributed by atoms with Crippen molar-refractivity contribution in [3.05, 3.63) is 0 Å². The Morgan fingerprint density at radius 1 is 1.10 bits per heavy atom. The average molecular weight is 299 g/mol. The fraction of sp³-hybridized carbons (Fsp3) is 0.882. The fourth-order valence-electron chi connectivity index (χ4n) is 2.24. The molecule has 21 heavy (non-hydrogen) atoms. The van der Waals surface area contributed by atoms with Crippen molar-refractivity contribution in [1.29, 1.82) is 0 Å². The van der Waals surface area contributed by atoms with Gasteiger partial charge in [-0.25, -0.2) is 0 Å². The average Bonchev–Trinajstić information content (AvgIpc) is 2.46. The molecule has 0 bridgehead atoms. The molecule has 4 nitrogen and oxygen atoms in total. The van der Waals surface area contributed by atoms with E-state index >= 15 is 0 Å². The predicted molar refractivity (Wildman–Crippen MR) is 86.0 cm³/mol. The van der Waals surface area contributed by atoms with E-state index in [9.17, 15) is 9.59 Å². The minimum absolute atomic E-state index is 0.0475. The predicted octanol–water partition coefficient (Wildman–Crippen LogP) is 3.78. The highest BCUT2D eigenvalue weighted by molar-refractivity contribution is 5.75. The number of esters is 1. The molecular formula is C17H33NO3. The molecule has 4 heteroatoms. The summed E-state index contributed by atoms with van der Waals surface area (Å²) in [6, 6.07) is 0. The summed E-state index contributed by atoms with van der Waals surface area (Å²) in [5.74, 6) is 0.382. The molecule has 0 aromatic rings. The van der Waals surface area contributed by atoms with Crippen molar-refractivity contribution in [2.45, 2.75) is 72.6 Å². The van der Waals surface area contributed by atoms with Crippen LogP contribution in [0, 0.1) is 5.92 Å². The van der Waals surface area contributed by atoms with Gasteiger partial charge in [-0.2, -0.15) is 0 Å². The molecule has 0 saturated carbocycles. The molecule has 124 valence electrons. The number of amides is 1. The zero-order valence-corrected chi connectivity index (χ0v) is 14.3. The first-order valence-electron chi connectivity index (χ1n) is 8.46. The molecule has 0 N–H and O–H groups in total. The number of rotatable bonds is 12. The van der Waals surface area contributed by atoms with Gasteiger partial charge in [0.15, 0.2) is 0 Å². The highest BCUT2D eigenvalue weighted by Gasteiger charge is 2.16. The van der Waals surface area contributed by atoms with Gasteiger partial charge in [0.2, 0.25) is 5.91 Å². The van der Waals surface area contributed by atoms with Crippen LogP contribution in [0.3, 0.4) is 0 Å². The fourth-order valence-corrected chi connectivity index (χ4v) is 2.24. The molecule has 0 radical (unpaired) electrons. The Morgan fingerprint density at radius 3 is 2.29 bits per heavy atom. The summed E-state index contributed by atoms with van der Waals surface area (Å²) in [6.07, 6.45) is 6.82. The summed E-state index contributed by atoms with van der Waals surface area (Å²) in [7, 11) is 0. The molecule has 0 aliphatic rings. The third-order valence-electron chi connectivity index (χ3n) is 3.81. The Bertz CT molecular complexity index is 290. The normalized spacial score (nSPS) is 12.0. The molecule has 0 aliphatic carbocycles. The summed E-state index contributed by atoms with van der Waals surface area (Å²) in [4.78, 5) is 25.1. The number of hydrogen-bond donors (Lipinski definition) is 0. The van der Waals surface area contributed by atoms with E-state index < -0.39 is 0 Å². The van der Waals surface area contributed by atoms with E-state index in [-0.39, 0.29) is 11.9 Å². The summed E-state index contributed by atoms with van der Waals surface area (Å²) >= 11 is 0. The van der Waals surface area contributed by atoms with Crippen LogP contribution < -0.4 is 0 Å². The molecule has 0 aromatic carbocycles. The van der Waals surface area contributed by atoms with Crippen LogP contribution >= 0.6 is 0 Å². The Hall–Kier alpha value is -1.06. The number of ether oxygens (including phenoxy) is 1. The van der Waals surface area contributed by atoms with Crippen molar-refractivity contribution in [2.75, 3.05) is 19.7 Å². The van der Waals surface area contributed by atoms with E-state index in [1.54, 1.807) is 11.8 Å². The molecule has 0 aliphatic heterocycles. The van der Waals surface area contributed by atoms with Gasteiger partial charge in [0.25, 0.3) is 0 Å². The van der Waals surface area contributed by atoms with Gasteiger partial charge in [-0.3, -0.25) is 9.59 Å². The van der Waals surface area contributed by atoms with Gasteiger partial charge < -0.3 is 9.64 Å². The van der Waals surface area contributed by atoms with Crippen molar-refractivity contribution in [3.8, 4) is 0 Å². The number of carbonyl (C=O) groups excluding carboxylic acids is 2. The highest BCUT2D eigenvalue weighted by Crippen LogP contribution is 2.14. The van der Waals surface area contributed by atoms with Gasteiger partial charge in [0.1, 0.15) is 0 Å². The maximum Gasteiger partial charge on any atom is 0.307 e. The first kappa shape index (κ1) is 19.9. The number of unbranched alkanes of at least 4 members (excludes halogenated alkanes) is 2. The van der Waals surface area contributed by atoms with Crippen molar-refractivity contribution >= 4 is 11.9 Å². The number of nitrogens with zero attached hydrogens (tertiary/aromatic N) is 1. The Labute approximate surface area is 130 Å². The zero-order chi connectivity index (χ0) is 16.1. The van der Waals surface area contributed by atoms with Crippen LogP contribution in [0.1, 0.15) is 72.6 Å². The maximum absolute atomic E-state index is 11.7. The van der Waals surface area contributed by atoms with Gasteiger partial charge in [0, 0.05) is 20.0 Å². The topological polar surface area (TPSA) is 46.6 Å². The Balaban J connectivity index is 4.17. The van der Waals surface area contributed by atoms with Crippen LogP contribution in [0.15, 0.2) is 0 Å². The molecule has 0 fully saturated rings. The van der Waals surface area contributed by atoms with E-state index in [0.717, 1.165) is 32.2 Å². The standard InChI is InChI=1S/C17H33NO3/c1-5-8-10-16(7-3)14-18(15(4)19)12-11-17(20)21-13-9-6-2/h16H,5-14H2,1-4H3. The quantitative estimate of drug-likeness (QED) is 0.407. The summed E-state index contributed by atoms with van der Waals surface area (Å²) < 4.78 is 5.13. The van der Waals surface area contributed by atoms with Crippen molar-refractivity contribution < 1.29 is 14.3 Å². The lowest BCUT2D eigenvalue weighted by atomic mass is 9.98. The van der Waals surface area contributed by atoms with E-state index in [0.29, 0.717) is 25.5 Å². The van der Waals surface area contributed by atoms with Crippen molar-refractivity contribution in [2.24, 2.45) is 5.92 Å². The van der Waals surface area contributed by atoms with Gasteiger partial charge >= 0.3 is 5.97 Å². The van der Waals surface area contributed by atoms with E-state index in [1.807, 2.05) is 0 Å². The number of hydrogen-bond acceptors (Lipinski definition) is 3. The molecule has 1 unspecified atom stereocenters. The highest BCUT2D eigenvalue weighted by atomic mass is 16.5. The van der Waals surface area contributed by atoms with E-state index in [1.165, 1.54) is 12.8 Å². The minimum Gasteiger partial charge on any atom is -0.466 e. The zero-order valence-electron chi connectivity index (χ0n) is 14.3. The molecule has 0 aromatic heterocycles. The Kier molecular flexibility index (Phi) is 12.0. The first-order chi connectivity index (χ1) is 10.0. The second-order valence-corrected chi connectivity index (χ2v) is 5.71. The smallest absolute Gasteiger partial charge is 0.307 e. The van der Waals surface area contributed by atoms with Crippen LogP contribution in [-0.4, -0.2) is 36.5 Å². The van der Waals surface area contributed by atoms with Gasteiger partial charge in [-0.1, -0.05) is 46.5 Å².